The molecular weight excluding hydrogens is 394 g/mol. The monoisotopic (exact) mass is 423 g/mol. The van der Waals surface area contributed by atoms with Crippen molar-refractivity contribution in [2.75, 3.05) is 32.8 Å². The van der Waals surface area contributed by atoms with Gasteiger partial charge in [0.05, 0.1) is 25.0 Å². The van der Waals surface area contributed by atoms with Gasteiger partial charge in [-0.25, -0.2) is 0 Å². The topological polar surface area (TPSA) is 79.0 Å². The highest BCUT2D eigenvalue weighted by atomic mass is 35.5. The molecule has 2 saturated heterocycles. The van der Waals surface area contributed by atoms with E-state index in [-0.39, 0.29) is 42.5 Å². The SMILES string of the molecule is CCOC(=O)C1CCCN(C(=O)CC2NCCN(Cc3ccccc3)C2=O)C1.Cl. The number of esters is 1. The molecule has 1 N–H and O–H groups in total. The van der Waals surface area contributed by atoms with Crippen molar-refractivity contribution in [3.05, 3.63) is 35.9 Å². The van der Waals surface area contributed by atoms with Crippen molar-refractivity contribution >= 4 is 30.2 Å². The number of benzene rings is 1. The summed E-state index contributed by atoms with van der Waals surface area (Å²) in [5.41, 5.74) is 1.08. The first kappa shape index (κ1) is 23.2. The van der Waals surface area contributed by atoms with Crippen LogP contribution in [0.5, 0.6) is 0 Å². The number of carbonyl (C=O) groups is 3. The van der Waals surface area contributed by atoms with Gasteiger partial charge in [0.15, 0.2) is 0 Å². The minimum atomic E-state index is -0.507. The fourth-order valence-corrected chi connectivity index (χ4v) is 3.87. The predicted octanol–water partition coefficient (Wildman–Crippen LogP) is 1.60. The molecule has 0 radical (unpaired) electrons. The van der Waals surface area contributed by atoms with E-state index in [2.05, 4.69) is 5.32 Å². The summed E-state index contributed by atoms with van der Waals surface area (Å²) in [6.07, 6.45) is 1.65. The van der Waals surface area contributed by atoms with Crippen LogP contribution in [0, 0.1) is 5.92 Å². The molecule has 0 aliphatic carbocycles. The number of ether oxygens (including phenoxy) is 1. The van der Waals surface area contributed by atoms with Crippen LogP contribution in [0.25, 0.3) is 0 Å². The van der Waals surface area contributed by atoms with Gasteiger partial charge in [0.25, 0.3) is 0 Å². The lowest BCUT2D eigenvalue weighted by Crippen LogP contribution is -2.56. The van der Waals surface area contributed by atoms with Crippen LogP contribution < -0.4 is 5.32 Å². The average molecular weight is 424 g/mol. The molecule has 2 fully saturated rings. The second-order valence-corrected chi connectivity index (χ2v) is 7.39. The minimum absolute atomic E-state index is 0. The number of amides is 2. The molecule has 1 aromatic rings. The number of likely N-dealkylation sites (tertiary alicyclic amines) is 1. The van der Waals surface area contributed by atoms with Crippen LogP contribution in [0.15, 0.2) is 30.3 Å². The molecule has 29 heavy (non-hydrogen) atoms. The molecule has 160 valence electrons. The molecule has 2 heterocycles. The fraction of sp³-hybridized carbons (Fsp3) is 0.571. The summed E-state index contributed by atoms with van der Waals surface area (Å²) < 4.78 is 5.10. The van der Waals surface area contributed by atoms with Gasteiger partial charge >= 0.3 is 5.97 Å². The van der Waals surface area contributed by atoms with Crippen LogP contribution in [0.4, 0.5) is 0 Å². The number of hydrogen-bond donors (Lipinski definition) is 1. The van der Waals surface area contributed by atoms with Crippen LogP contribution in [0.2, 0.25) is 0 Å². The van der Waals surface area contributed by atoms with Gasteiger partial charge < -0.3 is 19.9 Å². The summed E-state index contributed by atoms with van der Waals surface area (Å²) in [6, 6.07) is 9.36. The molecule has 7 nitrogen and oxygen atoms in total. The molecule has 1 aromatic carbocycles. The van der Waals surface area contributed by atoms with E-state index in [9.17, 15) is 14.4 Å². The Morgan fingerprint density at radius 2 is 1.97 bits per heavy atom. The van der Waals surface area contributed by atoms with Gasteiger partial charge in [-0.15, -0.1) is 12.4 Å². The van der Waals surface area contributed by atoms with E-state index in [1.807, 2.05) is 30.3 Å². The van der Waals surface area contributed by atoms with Crippen molar-refractivity contribution in [1.82, 2.24) is 15.1 Å². The predicted molar refractivity (Wildman–Crippen MR) is 111 cm³/mol. The largest absolute Gasteiger partial charge is 0.466 e. The van der Waals surface area contributed by atoms with Crippen molar-refractivity contribution in [2.24, 2.45) is 5.92 Å². The first-order valence-electron chi connectivity index (χ1n) is 10.1. The van der Waals surface area contributed by atoms with Crippen LogP contribution in [0.1, 0.15) is 31.7 Å². The second kappa shape index (κ2) is 11.2. The maximum Gasteiger partial charge on any atom is 0.310 e. The molecule has 0 bridgehead atoms. The third-order valence-electron chi connectivity index (χ3n) is 5.37. The van der Waals surface area contributed by atoms with Crippen LogP contribution >= 0.6 is 12.4 Å². The lowest BCUT2D eigenvalue weighted by atomic mass is 9.97. The second-order valence-electron chi connectivity index (χ2n) is 7.39. The third-order valence-corrected chi connectivity index (χ3v) is 5.37. The van der Waals surface area contributed by atoms with Gasteiger partial charge in [-0.3, -0.25) is 14.4 Å². The summed E-state index contributed by atoms with van der Waals surface area (Å²) in [5.74, 6) is -0.619. The number of carbonyl (C=O) groups excluding carboxylic acids is 3. The zero-order valence-corrected chi connectivity index (χ0v) is 17.7. The Kier molecular flexibility index (Phi) is 8.92. The van der Waals surface area contributed by atoms with E-state index >= 15 is 0 Å². The van der Waals surface area contributed by atoms with Gasteiger partial charge in [0, 0.05) is 32.7 Å². The first-order chi connectivity index (χ1) is 13.6. The highest BCUT2D eigenvalue weighted by molar-refractivity contribution is 5.89. The normalized spacial score (nSPS) is 22.0. The standard InChI is InChI=1S/C21H29N3O4.ClH/c1-2-28-21(27)17-9-6-11-23(15-17)19(25)13-18-20(26)24(12-10-22-18)14-16-7-4-3-5-8-16;/h3-5,7-8,17-18,22H,2,6,9-15H2,1H3;1H. The molecule has 0 spiro atoms. The molecule has 8 heteroatoms. The molecule has 2 atom stereocenters. The van der Waals surface area contributed by atoms with E-state index < -0.39 is 6.04 Å². The summed E-state index contributed by atoms with van der Waals surface area (Å²) >= 11 is 0. The number of hydrogen-bond acceptors (Lipinski definition) is 5. The van der Waals surface area contributed by atoms with Gasteiger partial charge in [-0.2, -0.15) is 0 Å². The average Bonchev–Trinajstić information content (AvgIpc) is 2.72. The minimum Gasteiger partial charge on any atom is -0.466 e. The molecule has 2 aliphatic heterocycles. The summed E-state index contributed by atoms with van der Waals surface area (Å²) in [7, 11) is 0. The molecule has 3 rings (SSSR count). The van der Waals surface area contributed by atoms with E-state index in [0.717, 1.165) is 18.4 Å². The highest BCUT2D eigenvalue weighted by Crippen LogP contribution is 2.20. The van der Waals surface area contributed by atoms with Crippen molar-refractivity contribution < 1.29 is 19.1 Å². The van der Waals surface area contributed by atoms with E-state index in [1.165, 1.54) is 0 Å². The molecule has 2 aliphatic rings. The summed E-state index contributed by atoms with van der Waals surface area (Å²) in [4.78, 5) is 41.1. The zero-order chi connectivity index (χ0) is 19.9. The van der Waals surface area contributed by atoms with E-state index in [4.69, 9.17) is 4.74 Å². The lowest BCUT2D eigenvalue weighted by molar-refractivity contribution is -0.152. The van der Waals surface area contributed by atoms with Crippen LogP contribution in [-0.4, -0.2) is 66.4 Å². The molecular formula is C21H30ClN3O4. The summed E-state index contributed by atoms with van der Waals surface area (Å²) in [6.45, 7) is 5.00. The smallest absolute Gasteiger partial charge is 0.310 e. The Bertz CT molecular complexity index is 700. The molecule has 0 aromatic heterocycles. The van der Waals surface area contributed by atoms with Crippen LogP contribution in [0.3, 0.4) is 0 Å². The Morgan fingerprint density at radius 3 is 2.69 bits per heavy atom. The van der Waals surface area contributed by atoms with Gasteiger partial charge in [-0.1, -0.05) is 30.3 Å². The lowest BCUT2D eigenvalue weighted by Gasteiger charge is -2.35. The van der Waals surface area contributed by atoms with E-state index in [0.29, 0.717) is 39.3 Å². The zero-order valence-electron chi connectivity index (χ0n) is 16.8. The Labute approximate surface area is 178 Å². The maximum atomic E-state index is 12.8. The highest BCUT2D eigenvalue weighted by Gasteiger charge is 2.34. The van der Waals surface area contributed by atoms with Crippen molar-refractivity contribution in [3.8, 4) is 0 Å². The fourth-order valence-electron chi connectivity index (χ4n) is 3.87. The third kappa shape index (κ3) is 6.18. The van der Waals surface area contributed by atoms with Crippen molar-refractivity contribution in [1.29, 1.82) is 0 Å². The molecule has 2 amide bonds. The van der Waals surface area contributed by atoms with Crippen molar-refractivity contribution in [2.45, 2.75) is 38.8 Å². The molecule has 2 unspecified atom stereocenters. The number of nitrogens with zero attached hydrogens (tertiary/aromatic N) is 2. The number of halogens is 1. The number of rotatable bonds is 6. The Hall–Kier alpha value is -2.12. The quantitative estimate of drug-likeness (QED) is 0.703. The summed E-state index contributed by atoms with van der Waals surface area (Å²) in [5, 5.41) is 3.18. The molecule has 0 saturated carbocycles. The van der Waals surface area contributed by atoms with Gasteiger partial charge in [-0.05, 0) is 25.3 Å². The van der Waals surface area contributed by atoms with Crippen molar-refractivity contribution in [3.63, 3.8) is 0 Å². The number of piperidine rings is 1. The first-order valence-corrected chi connectivity index (χ1v) is 10.1. The van der Waals surface area contributed by atoms with E-state index in [1.54, 1.807) is 16.7 Å². The Morgan fingerprint density at radius 1 is 1.21 bits per heavy atom. The maximum absolute atomic E-state index is 12.8. The van der Waals surface area contributed by atoms with Crippen LogP contribution in [-0.2, 0) is 25.7 Å². The van der Waals surface area contributed by atoms with Gasteiger partial charge in [0.2, 0.25) is 11.8 Å². The Balaban J connectivity index is 0.00000300. The number of nitrogens with one attached hydrogen (secondary N) is 1. The van der Waals surface area contributed by atoms with Gasteiger partial charge in [0.1, 0.15) is 0 Å². The number of piperazine rings is 1.